The molecule has 15 heavy (non-hydrogen) atoms. The van der Waals surface area contributed by atoms with Crippen LogP contribution >= 0.6 is 23.3 Å². The first-order valence-electron chi connectivity index (χ1n) is 3.77. The number of ether oxygens (including phenoxy) is 1. The van der Waals surface area contributed by atoms with Gasteiger partial charge in [0, 0.05) is 0 Å². The Labute approximate surface area is 93.5 Å². The molecular formula is C8H6F2N2OS2. The van der Waals surface area contributed by atoms with Crippen LogP contribution in [0.5, 0.6) is 5.88 Å². The van der Waals surface area contributed by atoms with Gasteiger partial charge < -0.3 is 4.74 Å². The van der Waals surface area contributed by atoms with Crippen molar-refractivity contribution in [3.63, 3.8) is 0 Å². The van der Waals surface area contributed by atoms with Gasteiger partial charge in [0.1, 0.15) is 22.4 Å². The van der Waals surface area contributed by atoms with Crippen LogP contribution in [0.3, 0.4) is 0 Å². The number of halogens is 2. The second-order valence-corrected chi connectivity index (χ2v) is 4.27. The fraction of sp³-hybridized carbons (Fsp3) is 0.250. The molecule has 0 aliphatic carbocycles. The average molecular weight is 248 g/mol. The third kappa shape index (κ3) is 3.18. The van der Waals surface area contributed by atoms with Crippen molar-refractivity contribution >= 4 is 23.3 Å². The minimum absolute atomic E-state index is 0.0622. The van der Waals surface area contributed by atoms with Crippen LogP contribution in [0.1, 0.15) is 5.56 Å². The quantitative estimate of drug-likeness (QED) is 0.593. The Morgan fingerprint density at radius 1 is 1.73 bits per heavy atom. The van der Waals surface area contributed by atoms with Gasteiger partial charge in [0.05, 0.1) is 0 Å². The molecule has 0 unspecified atom stereocenters. The van der Waals surface area contributed by atoms with Crippen molar-refractivity contribution in [2.24, 2.45) is 0 Å². The summed E-state index contributed by atoms with van der Waals surface area (Å²) >= 11 is 1.13. The van der Waals surface area contributed by atoms with Crippen LogP contribution in [0.2, 0.25) is 0 Å². The van der Waals surface area contributed by atoms with E-state index in [-0.39, 0.29) is 22.3 Å². The fourth-order valence-electron chi connectivity index (χ4n) is 0.753. The molecule has 3 nitrogen and oxygen atoms in total. The third-order valence-electron chi connectivity index (χ3n) is 1.28. The second kappa shape index (κ2) is 5.68. The van der Waals surface area contributed by atoms with E-state index in [0.29, 0.717) is 11.8 Å². The molecule has 7 heteroatoms. The van der Waals surface area contributed by atoms with Crippen LogP contribution in [0.4, 0.5) is 8.78 Å². The molecule has 1 heterocycles. The Morgan fingerprint density at radius 3 is 3.00 bits per heavy atom. The van der Waals surface area contributed by atoms with Crippen LogP contribution in [0.25, 0.3) is 0 Å². The molecule has 0 amide bonds. The Balaban J connectivity index is 2.86. The van der Waals surface area contributed by atoms with E-state index < -0.39 is 5.76 Å². The zero-order valence-corrected chi connectivity index (χ0v) is 9.08. The van der Waals surface area contributed by atoms with E-state index in [4.69, 9.17) is 10.00 Å². The summed E-state index contributed by atoms with van der Waals surface area (Å²) in [6.45, 7) is 3.62. The largest absolute Gasteiger partial charge is 0.472 e. The van der Waals surface area contributed by atoms with Gasteiger partial charge in [-0.1, -0.05) is 12.7 Å². The molecule has 0 fully saturated rings. The summed E-state index contributed by atoms with van der Waals surface area (Å²) in [5, 5.41) is 8.75. The first-order valence-corrected chi connectivity index (χ1v) is 5.42. The van der Waals surface area contributed by atoms with Crippen molar-refractivity contribution in [3.8, 4) is 11.9 Å². The topological polar surface area (TPSA) is 45.9 Å². The molecule has 0 saturated carbocycles. The standard InChI is InChI=1S/C8H6F2N2OS2/c1-2-3-13-6-5(4-11)7(15-12-6)14-8(9)10/h2,8H,1,3H2. The Hall–Kier alpha value is -1.13. The van der Waals surface area contributed by atoms with E-state index in [2.05, 4.69) is 11.0 Å². The molecule has 1 rings (SSSR count). The number of nitrogens with zero attached hydrogens (tertiary/aromatic N) is 2. The molecule has 0 spiro atoms. The minimum Gasteiger partial charge on any atom is -0.472 e. The van der Waals surface area contributed by atoms with Gasteiger partial charge in [0.15, 0.2) is 0 Å². The fourth-order valence-corrected chi connectivity index (χ4v) is 2.20. The maximum Gasteiger partial charge on any atom is 0.289 e. The molecule has 0 bridgehead atoms. The predicted octanol–water partition coefficient (Wildman–Crippen LogP) is 2.89. The molecule has 0 radical (unpaired) electrons. The summed E-state index contributed by atoms with van der Waals surface area (Å²) in [6.07, 6.45) is 1.49. The Morgan fingerprint density at radius 2 is 2.47 bits per heavy atom. The van der Waals surface area contributed by atoms with Crippen molar-refractivity contribution < 1.29 is 13.5 Å². The third-order valence-corrected chi connectivity index (χ3v) is 3.01. The maximum absolute atomic E-state index is 12.1. The minimum atomic E-state index is -2.56. The molecule has 0 N–H and O–H groups in total. The van der Waals surface area contributed by atoms with Gasteiger partial charge in [-0.05, 0) is 23.3 Å². The number of alkyl halides is 2. The summed E-state index contributed by atoms with van der Waals surface area (Å²) < 4.78 is 33.1. The SMILES string of the molecule is C=CCOc1nsc(SC(F)F)c1C#N. The number of thioether (sulfide) groups is 1. The summed E-state index contributed by atoms with van der Waals surface area (Å²) in [5.74, 6) is -2.48. The summed E-state index contributed by atoms with van der Waals surface area (Å²) in [7, 11) is 0. The van der Waals surface area contributed by atoms with Gasteiger partial charge in [0.2, 0.25) is 5.88 Å². The summed E-state index contributed by atoms with van der Waals surface area (Å²) in [4.78, 5) is 0. The first-order chi connectivity index (χ1) is 7.19. The number of hydrogen-bond acceptors (Lipinski definition) is 5. The van der Waals surface area contributed by atoms with Crippen molar-refractivity contribution in [1.82, 2.24) is 4.37 Å². The van der Waals surface area contributed by atoms with Crippen molar-refractivity contribution in [3.05, 3.63) is 18.2 Å². The van der Waals surface area contributed by atoms with E-state index >= 15 is 0 Å². The van der Waals surface area contributed by atoms with Crippen molar-refractivity contribution in [2.45, 2.75) is 9.97 Å². The van der Waals surface area contributed by atoms with E-state index in [0.717, 1.165) is 11.5 Å². The highest BCUT2D eigenvalue weighted by atomic mass is 32.2. The normalized spacial score (nSPS) is 10.0. The zero-order chi connectivity index (χ0) is 11.3. The monoisotopic (exact) mass is 248 g/mol. The Kier molecular flexibility index (Phi) is 4.52. The van der Waals surface area contributed by atoms with Gasteiger partial charge in [-0.25, -0.2) is 0 Å². The highest BCUT2D eigenvalue weighted by Crippen LogP contribution is 2.36. The number of hydrogen-bond donors (Lipinski definition) is 0. The lowest BCUT2D eigenvalue weighted by atomic mass is 10.4. The first kappa shape index (κ1) is 11.9. The molecule has 1 aromatic rings. The number of nitriles is 1. The highest BCUT2D eigenvalue weighted by Gasteiger charge is 2.18. The summed E-state index contributed by atoms with van der Waals surface area (Å²) in [6, 6.07) is 1.79. The molecule has 0 aliphatic rings. The molecule has 0 aliphatic heterocycles. The lowest BCUT2D eigenvalue weighted by Gasteiger charge is -1.98. The van der Waals surface area contributed by atoms with Crippen molar-refractivity contribution in [1.29, 1.82) is 5.26 Å². The van der Waals surface area contributed by atoms with E-state index in [1.807, 2.05) is 0 Å². The van der Waals surface area contributed by atoms with E-state index in [1.54, 1.807) is 6.07 Å². The Bertz CT molecular complexity index is 386. The van der Waals surface area contributed by atoms with E-state index in [9.17, 15) is 8.78 Å². The van der Waals surface area contributed by atoms with Crippen LogP contribution in [-0.2, 0) is 0 Å². The van der Waals surface area contributed by atoms with Gasteiger partial charge in [-0.3, -0.25) is 0 Å². The van der Waals surface area contributed by atoms with Gasteiger partial charge in [-0.15, -0.1) is 0 Å². The lowest BCUT2D eigenvalue weighted by molar-refractivity contribution is 0.252. The highest BCUT2D eigenvalue weighted by molar-refractivity contribution is 8.01. The molecular weight excluding hydrogens is 242 g/mol. The lowest BCUT2D eigenvalue weighted by Crippen LogP contribution is -1.94. The molecule has 1 aromatic heterocycles. The van der Waals surface area contributed by atoms with Crippen LogP contribution in [-0.4, -0.2) is 16.7 Å². The number of aromatic nitrogens is 1. The van der Waals surface area contributed by atoms with Crippen molar-refractivity contribution in [2.75, 3.05) is 6.61 Å². The zero-order valence-electron chi connectivity index (χ0n) is 7.44. The molecule has 0 saturated heterocycles. The summed E-state index contributed by atoms with van der Waals surface area (Å²) in [5.41, 5.74) is 0.0622. The molecule has 0 aromatic carbocycles. The van der Waals surface area contributed by atoms with Crippen LogP contribution in [0, 0.1) is 11.3 Å². The number of rotatable bonds is 5. The second-order valence-electron chi connectivity index (χ2n) is 2.24. The maximum atomic E-state index is 12.1. The predicted molar refractivity (Wildman–Crippen MR) is 54.4 cm³/mol. The smallest absolute Gasteiger partial charge is 0.289 e. The van der Waals surface area contributed by atoms with Gasteiger partial charge in [0.25, 0.3) is 5.76 Å². The van der Waals surface area contributed by atoms with Gasteiger partial charge >= 0.3 is 0 Å². The van der Waals surface area contributed by atoms with Crippen LogP contribution in [0.15, 0.2) is 16.9 Å². The van der Waals surface area contributed by atoms with Gasteiger partial charge in [-0.2, -0.15) is 18.4 Å². The van der Waals surface area contributed by atoms with Crippen LogP contribution < -0.4 is 4.74 Å². The van der Waals surface area contributed by atoms with E-state index in [1.165, 1.54) is 6.08 Å². The molecule has 80 valence electrons. The molecule has 0 atom stereocenters. The average Bonchev–Trinajstić information content (AvgIpc) is 2.56.